The zero-order chi connectivity index (χ0) is 16.5. The average Bonchev–Trinajstić information content (AvgIpc) is 2.37. The van der Waals surface area contributed by atoms with Crippen molar-refractivity contribution in [3.05, 3.63) is 45.9 Å². The third-order valence-corrected chi connectivity index (χ3v) is 2.65. The molecule has 22 heavy (non-hydrogen) atoms. The summed E-state index contributed by atoms with van der Waals surface area (Å²) in [7, 11) is 0. The van der Waals surface area contributed by atoms with Crippen molar-refractivity contribution < 1.29 is 28.4 Å². The number of nitro benzene ring substituents is 1. The summed E-state index contributed by atoms with van der Waals surface area (Å²) in [4.78, 5) is 33.1. The summed E-state index contributed by atoms with van der Waals surface area (Å²) in [6.07, 6.45) is 0.921. The van der Waals surface area contributed by atoms with Crippen molar-refractivity contribution in [2.75, 3.05) is 5.32 Å². The van der Waals surface area contributed by atoms with Crippen LogP contribution in [-0.2, 0) is 19.1 Å². The number of non-ortho nitro benzene ring substituents is 1. The number of ether oxygens (including phenoxy) is 2. The van der Waals surface area contributed by atoms with Crippen molar-refractivity contribution in [1.29, 1.82) is 0 Å². The molecule has 1 aromatic rings. The highest BCUT2D eigenvalue weighted by molar-refractivity contribution is 6.15. The molecule has 0 saturated carbocycles. The van der Waals surface area contributed by atoms with E-state index < -0.39 is 39.7 Å². The summed E-state index contributed by atoms with van der Waals surface area (Å²) in [6, 6.07) is 2.89. The number of benzene rings is 1. The highest BCUT2D eigenvalue weighted by Gasteiger charge is 2.38. The minimum absolute atomic E-state index is 0.150. The van der Waals surface area contributed by atoms with Crippen molar-refractivity contribution in [2.45, 2.75) is 19.6 Å². The average molecular weight is 310 g/mol. The Morgan fingerprint density at radius 2 is 1.86 bits per heavy atom. The first-order valence-corrected chi connectivity index (χ1v) is 6.07. The van der Waals surface area contributed by atoms with Crippen LogP contribution < -0.4 is 5.32 Å². The molecule has 1 N–H and O–H groups in total. The van der Waals surface area contributed by atoms with Gasteiger partial charge in [-0.2, -0.15) is 0 Å². The minimum Gasteiger partial charge on any atom is -0.419 e. The van der Waals surface area contributed by atoms with E-state index in [9.17, 15) is 24.1 Å². The molecule has 0 bridgehead atoms. The molecule has 1 saturated heterocycles. The molecule has 0 radical (unpaired) electrons. The molecular weight excluding hydrogens is 299 g/mol. The number of hydrogen-bond acceptors (Lipinski definition) is 7. The lowest BCUT2D eigenvalue weighted by molar-refractivity contribution is -0.385. The first-order valence-electron chi connectivity index (χ1n) is 6.07. The van der Waals surface area contributed by atoms with Crippen molar-refractivity contribution >= 4 is 23.3 Å². The third kappa shape index (κ3) is 3.19. The lowest BCUT2D eigenvalue weighted by atomic mass is 10.2. The van der Waals surface area contributed by atoms with Gasteiger partial charge in [0.1, 0.15) is 0 Å². The third-order valence-electron chi connectivity index (χ3n) is 2.65. The standard InChI is InChI=1S/C13H11FN2O6/c1-13(2)21-11(17)8(12(18)22-13)6-15-10-4-3-7(16(19)20)5-9(10)14/h3-6,15H,1-2H3. The van der Waals surface area contributed by atoms with E-state index in [4.69, 9.17) is 9.47 Å². The number of halogens is 1. The summed E-state index contributed by atoms with van der Waals surface area (Å²) >= 11 is 0. The summed E-state index contributed by atoms with van der Waals surface area (Å²) in [5, 5.41) is 12.9. The van der Waals surface area contributed by atoms with Crippen molar-refractivity contribution in [2.24, 2.45) is 0 Å². The van der Waals surface area contributed by atoms with E-state index in [0.29, 0.717) is 6.07 Å². The number of nitro groups is 1. The van der Waals surface area contributed by atoms with Crippen LogP contribution in [0.25, 0.3) is 0 Å². The molecule has 2 rings (SSSR count). The van der Waals surface area contributed by atoms with Crippen molar-refractivity contribution in [3.63, 3.8) is 0 Å². The lowest BCUT2D eigenvalue weighted by Gasteiger charge is -2.29. The monoisotopic (exact) mass is 310 g/mol. The number of nitrogens with zero attached hydrogens (tertiary/aromatic N) is 1. The Labute approximate surface area is 123 Å². The zero-order valence-electron chi connectivity index (χ0n) is 11.6. The number of esters is 2. The topological polar surface area (TPSA) is 108 Å². The van der Waals surface area contributed by atoms with Crippen LogP contribution in [0.3, 0.4) is 0 Å². The van der Waals surface area contributed by atoms with Gasteiger partial charge in [0.15, 0.2) is 11.4 Å². The molecule has 1 aliphatic rings. The van der Waals surface area contributed by atoms with Crippen LogP contribution in [0.2, 0.25) is 0 Å². The first-order chi connectivity index (χ1) is 10.2. The molecule has 0 aromatic heterocycles. The van der Waals surface area contributed by atoms with Gasteiger partial charge in [0, 0.05) is 26.1 Å². The summed E-state index contributed by atoms with van der Waals surface area (Å²) in [5.74, 6) is -4.12. The molecule has 116 valence electrons. The molecule has 1 fully saturated rings. The van der Waals surface area contributed by atoms with E-state index in [1.54, 1.807) is 0 Å². The number of rotatable bonds is 3. The quantitative estimate of drug-likeness (QED) is 0.298. The predicted molar refractivity (Wildman–Crippen MR) is 71.0 cm³/mol. The molecule has 0 amide bonds. The van der Waals surface area contributed by atoms with Crippen molar-refractivity contribution in [1.82, 2.24) is 0 Å². The van der Waals surface area contributed by atoms with Crippen LogP contribution in [0.15, 0.2) is 30.0 Å². The summed E-state index contributed by atoms with van der Waals surface area (Å²) in [6.45, 7) is 2.78. The second kappa shape index (κ2) is 5.43. The number of carbonyl (C=O) groups excluding carboxylic acids is 2. The van der Waals surface area contributed by atoms with Crippen molar-refractivity contribution in [3.8, 4) is 0 Å². The van der Waals surface area contributed by atoms with Crippen LogP contribution in [0.1, 0.15) is 13.8 Å². The van der Waals surface area contributed by atoms with E-state index in [1.165, 1.54) is 13.8 Å². The molecule has 0 aliphatic carbocycles. The fourth-order valence-electron chi connectivity index (χ4n) is 1.66. The fraction of sp³-hybridized carbons (Fsp3) is 0.231. The first kappa shape index (κ1) is 15.4. The van der Waals surface area contributed by atoms with E-state index in [1.807, 2.05) is 0 Å². The maximum Gasteiger partial charge on any atom is 0.350 e. The van der Waals surface area contributed by atoms with Crippen LogP contribution in [-0.4, -0.2) is 22.6 Å². The minimum atomic E-state index is -1.37. The number of hydrogen-bond donors (Lipinski definition) is 1. The number of anilines is 1. The van der Waals surface area contributed by atoms with Gasteiger partial charge in [0.05, 0.1) is 16.7 Å². The predicted octanol–water partition coefficient (Wildman–Crippen LogP) is 1.87. The molecule has 1 aliphatic heterocycles. The summed E-state index contributed by atoms with van der Waals surface area (Å²) in [5.41, 5.74) is -1.02. The molecule has 0 unspecified atom stereocenters. The highest BCUT2D eigenvalue weighted by Crippen LogP contribution is 2.24. The Balaban J connectivity index is 2.20. The van der Waals surface area contributed by atoms with Crippen LogP contribution in [0.4, 0.5) is 15.8 Å². The van der Waals surface area contributed by atoms with E-state index in [2.05, 4.69) is 5.32 Å². The Kier molecular flexibility index (Phi) is 3.81. The molecule has 8 nitrogen and oxygen atoms in total. The molecule has 0 atom stereocenters. The van der Waals surface area contributed by atoms with Crippen LogP contribution in [0, 0.1) is 15.9 Å². The van der Waals surface area contributed by atoms with Gasteiger partial charge in [-0.3, -0.25) is 10.1 Å². The highest BCUT2D eigenvalue weighted by atomic mass is 19.1. The van der Waals surface area contributed by atoms with Gasteiger partial charge < -0.3 is 14.8 Å². The van der Waals surface area contributed by atoms with E-state index in [-0.39, 0.29) is 5.69 Å². The number of nitrogens with one attached hydrogen (secondary N) is 1. The second-order valence-corrected chi connectivity index (χ2v) is 4.80. The Bertz CT molecular complexity index is 676. The van der Waals surface area contributed by atoms with Gasteiger partial charge in [-0.15, -0.1) is 0 Å². The zero-order valence-corrected chi connectivity index (χ0v) is 11.6. The van der Waals surface area contributed by atoms with Crippen LogP contribution in [0.5, 0.6) is 0 Å². The lowest BCUT2D eigenvalue weighted by Crippen LogP contribution is -2.42. The molecule has 1 heterocycles. The molecule has 0 spiro atoms. The van der Waals surface area contributed by atoms with Gasteiger partial charge in [-0.05, 0) is 6.07 Å². The Hall–Kier alpha value is -2.97. The SMILES string of the molecule is CC1(C)OC(=O)C(=CNc2ccc([N+](=O)[O-])cc2F)C(=O)O1. The maximum atomic E-state index is 13.7. The maximum absolute atomic E-state index is 13.7. The molecule has 1 aromatic carbocycles. The summed E-state index contributed by atoms with van der Waals surface area (Å²) < 4.78 is 23.4. The number of cyclic esters (lactones) is 2. The van der Waals surface area contributed by atoms with E-state index >= 15 is 0 Å². The fourth-order valence-corrected chi connectivity index (χ4v) is 1.66. The molecular formula is C13H11FN2O6. The van der Waals surface area contributed by atoms with E-state index in [0.717, 1.165) is 18.3 Å². The van der Waals surface area contributed by atoms with Gasteiger partial charge in [0.2, 0.25) is 0 Å². The Morgan fingerprint density at radius 1 is 1.27 bits per heavy atom. The van der Waals surface area contributed by atoms with Gasteiger partial charge >= 0.3 is 11.9 Å². The number of carbonyl (C=O) groups is 2. The Morgan fingerprint density at radius 3 is 2.36 bits per heavy atom. The van der Waals surface area contributed by atoms with Gasteiger partial charge in [-0.25, -0.2) is 14.0 Å². The van der Waals surface area contributed by atoms with Gasteiger partial charge in [-0.1, -0.05) is 0 Å². The normalized spacial score (nSPS) is 16.6. The van der Waals surface area contributed by atoms with Crippen LogP contribution >= 0.6 is 0 Å². The largest absolute Gasteiger partial charge is 0.419 e. The smallest absolute Gasteiger partial charge is 0.350 e. The van der Waals surface area contributed by atoms with Gasteiger partial charge in [0.25, 0.3) is 11.5 Å². The second-order valence-electron chi connectivity index (χ2n) is 4.80. The molecule has 9 heteroatoms.